The van der Waals surface area contributed by atoms with Crippen LogP contribution in [0.1, 0.15) is 61.7 Å². The lowest BCUT2D eigenvalue weighted by Crippen LogP contribution is -2.42. The Morgan fingerprint density at radius 2 is 1.91 bits per heavy atom. The maximum absolute atomic E-state index is 12.8. The molecule has 0 unspecified atom stereocenters. The van der Waals surface area contributed by atoms with Crippen molar-refractivity contribution in [2.24, 2.45) is 0 Å². The molecule has 2 aromatic rings. The zero-order valence-electron chi connectivity index (χ0n) is 19.2. The molecule has 2 aromatic heterocycles. The third-order valence-electron chi connectivity index (χ3n) is 6.28. The maximum atomic E-state index is 12.8. The van der Waals surface area contributed by atoms with Gasteiger partial charge in [-0.25, -0.2) is 4.98 Å². The van der Waals surface area contributed by atoms with Crippen LogP contribution in [-0.4, -0.2) is 48.1 Å². The summed E-state index contributed by atoms with van der Waals surface area (Å²) < 4.78 is 5.81. The van der Waals surface area contributed by atoms with Crippen molar-refractivity contribution < 1.29 is 9.21 Å². The summed E-state index contributed by atoms with van der Waals surface area (Å²) in [5.74, 6) is 0.896. The molecule has 0 radical (unpaired) electrons. The molecule has 2 aliphatic rings. The Morgan fingerprint density at radius 3 is 2.56 bits per heavy atom. The minimum absolute atomic E-state index is 0.262. The van der Waals surface area contributed by atoms with Crippen molar-refractivity contribution in [2.45, 2.75) is 58.4 Å². The van der Waals surface area contributed by atoms with E-state index in [1.165, 1.54) is 6.42 Å². The van der Waals surface area contributed by atoms with Gasteiger partial charge >= 0.3 is 0 Å². The summed E-state index contributed by atoms with van der Waals surface area (Å²) in [6.45, 7) is 11.7. The number of piperidine rings is 2. The Balaban J connectivity index is 1.32. The van der Waals surface area contributed by atoms with Crippen LogP contribution in [0.4, 0.5) is 17.5 Å². The molecule has 4 rings (SSSR count). The second kappa shape index (κ2) is 10.1. The van der Waals surface area contributed by atoms with Gasteiger partial charge < -0.3 is 24.9 Å². The number of pyridine rings is 1. The molecule has 0 atom stereocenters. The number of nitrogens with one attached hydrogen (secondary N) is 2. The summed E-state index contributed by atoms with van der Waals surface area (Å²) >= 11 is 0. The van der Waals surface area contributed by atoms with Gasteiger partial charge in [-0.2, -0.15) is 4.98 Å². The molecular formula is C24H34N6O2. The number of rotatable bonds is 7. The SMILES string of the molecule is C=C(CC)NC1CCN(c2ccc(NC(=O)c3oc(N4CCCCC4)nc3C)cn2)CC1. The van der Waals surface area contributed by atoms with E-state index < -0.39 is 0 Å². The highest BCUT2D eigenvalue weighted by atomic mass is 16.4. The summed E-state index contributed by atoms with van der Waals surface area (Å²) in [6.07, 6.45) is 8.27. The van der Waals surface area contributed by atoms with Crippen LogP contribution >= 0.6 is 0 Å². The highest BCUT2D eigenvalue weighted by molar-refractivity contribution is 6.03. The van der Waals surface area contributed by atoms with Crippen molar-refractivity contribution in [1.29, 1.82) is 0 Å². The van der Waals surface area contributed by atoms with E-state index in [9.17, 15) is 4.79 Å². The van der Waals surface area contributed by atoms with Crippen molar-refractivity contribution in [3.8, 4) is 0 Å². The first-order valence-electron chi connectivity index (χ1n) is 11.7. The first-order chi connectivity index (χ1) is 15.5. The minimum Gasteiger partial charge on any atom is -0.418 e. The minimum atomic E-state index is -0.296. The average Bonchev–Trinajstić information content (AvgIpc) is 3.22. The molecule has 8 nitrogen and oxygen atoms in total. The van der Waals surface area contributed by atoms with Gasteiger partial charge in [0.1, 0.15) is 5.82 Å². The molecule has 2 N–H and O–H groups in total. The predicted octanol–water partition coefficient (Wildman–Crippen LogP) is 4.10. The Morgan fingerprint density at radius 1 is 1.16 bits per heavy atom. The van der Waals surface area contributed by atoms with Crippen LogP contribution in [0.3, 0.4) is 0 Å². The molecule has 8 heteroatoms. The number of nitrogens with zero attached hydrogens (tertiary/aromatic N) is 4. The third kappa shape index (κ3) is 5.23. The number of amides is 1. The van der Waals surface area contributed by atoms with E-state index in [1.54, 1.807) is 6.20 Å². The summed E-state index contributed by atoms with van der Waals surface area (Å²) in [5.41, 5.74) is 2.35. The van der Waals surface area contributed by atoms with Crippen LogP contribution in [-0.2, 0) is 0 Å². The molecule has 32 heavy (non-hydrogen) atoms. The fraction of sp³-hybridized carbons (Fsp3) is 0.542. The number of oxazole rings is 1. The van der Waals surface area contributed by atoms with Crippen LogP contribution in [0, 0.1) is 6.92 Å². The fourth-order valence-corrected chi connectivity index (χ4v) is 4.29. The largest absolute Gasteiger partial charge is 0.418 e. The third-order valence-corrected chi connectivity index (χ3v) is 6.28. The van der Waals surface area contributed by atoms with E-state index >= 15 is 0 Å². The van der Waals surface area contributed by atoms with Gasteiger partial charge in [0.05, 0.1) is 17.6 Å². The molecule has 4 heterocycles. The van der Waals surface area contributed by atoms with Gasteiger partial charge in [-0.1, -0.05) is 13.5 Å². The van der Waals surface area contributed by atoms with Gasteiger partial charge in [-0.15, -0.1) is 0 Å². The van der Waals surface area contributed by atoms with Crippen LogP contribution in [0.5, 0.6) is 0 Å². The van der Waals surface area contributed by atoms with Gasteiger partial charge in [0.25, 0.3) is 11.9 Å². The lowest BCUT2D eigenvalue weighted by atomic mass is 10.0. The number of aryl methyl sites for hydroxylation is 1. The lowest BCUT2D eigenvalue weighted by Gasteiger charge is -2.34. The first-order valence-corrected chi connectivity index (χ1v) is 11.7. The van der Waals surface area contributed by atoms with Crippen LogP contribution < -0.4 is 20.4 Å². The standard InChI is InChI=1S/C24H34N6O2/c1-4-17(2)26-19-10-14-29(15-11-19)21-9-8-20(16-25-21)28-23(31)22-18(3)27-24(32-22)30-12-6-5-7-13-30/h8-9,16,19,26H,2,4-7,10-15H2,1,3H3,(H,28,31). The number of carbonyl (C=O) groups excluding carboxylic acids is 1. The molecule has 2 saturated heterocycles. The van der Waals surface area contributed by atoms with Crippen molar-refractivity contribution in [3.63, 3.8) is 0 Å². The van der Waals surface area contributed by atoms with E-state index in [0.29, 0.717) is 23.4 Å². The molecule has 1 amide bonds. The molecule has 2 fully saturated rings. The predicted molar refractivity (Wildman–Crippen MR) is 127 cm³/mol. The second-order valence-corrected chi connectivity index (χ2v) is 8.68. The van der Waals surface area contributed by atoms with Crippen molar-refractivity contribution in [2.75, 3.05) is 41.3 Å². The Labute approximate surface area is 190 Å². The van der Waals surface area contributed by atoms with Crippen LogP contribution in [0.25, 0.3) is 0 Å². The highest BCUT2D eigenvalue weighted by Gasteiger charge is 2.23. The zero-order valence-corrected chi connectivity index (χ0v) is 19.2. The molecule has 0 bridgehead atoms. The number of hydrogen-bond donors (Lipinski definition) is 2. The number of anilines is 3. The Hall–Kier alpha value is -3.03. The van der Waals surface area contributed by atoms with E-state index in [4.69, 9.17) is 4.42 Å². The van der Waals surface area contributed by atoms with Crippen molar-refractivity contribution in [3.05, 3.63) is 42.1 Å². The summed E-state index contributed by atoms with van der Waals surface area (Å²) in [5, 5.41) is 6.40. The van der Waals surface area contributed by atoms with Gasteiger partial charge in [0.15, 0.2) is 0 Å². The molecule has 2 aliphatic heterocycles. The Kier molecular flexibility index (Phi) is 6.97. The Bertz CT molecular complexity index is 924. The summed E-state index contributed by atoms with van der Waals surface area (Å²) in [4.78, 5) is 26.2. The fourth-order valence-electron chi connectivity index (χ4n) is 4.29. The smallest absolute Gasteiger partial charge is 0.298 e. The van der Waals surface area contributed by atoms with E-state index in [0.717, 1.165) is 69.8 Å². The quantitative estimate of drug-likeness (QED) is 0.673. The van der Waals surface area contributed by atoms with E-state index in [-0.39, 0.29) is 11.7 Å². The van der Waals surface area contributed by atoms with Gasteiger partial charge in [-0.05, 0) is 57.6 Å². The second-order valence-electron chi connectivity index (χ2n) is 8.68. The van der Waals surface area contributed by atoms with Gasteiger partial charge in [0.2, 0.25) is 5.76 Å². The summed E-state index contributed by atoms with van der Waals surface area (Å²) in [6, 6.07) is 4.88. The monoisotopic (exact) mass is 438 g/mol. The number of hydrogen-bond acceptors (Lipinski definition) is 7. The molecule has 172 valence electrons. The zero-order chi connectivity index (χ0) is 22.5. The molecule has 0 saturated carbocycles. The van der Waals surface area contributed by atoms with Crippen molar-refractivity contribution in [1.82, 2.24) is 15.3 Å². The molecular weight excluding hydrogens is 404 g/mol. The summed E-state index contributed by atoms with van der Waals surface area (Å²) in [7, 11) is 0. The molecule has 0 spiro atoms. The molecule has 0 aromatic carbocycles. The number of allylic oxidation sites excluding steroid dienone is 1. The normalized spacial score (nSPS) is 17.3. The maximum Gasteiger partial charge on any atom is 0.298 e. The topological polar surface area (TPSA) is 86.5 Å². The van der Waals surface area contributed by atoms with E-state index in [2.05, 4.69) is 43.9 Å². The highest BCUT2D eigenvalue weighted by Crippen LogP contribution is 2.24. The number of aromatic nitrogens is 2. The van der Waals surface area contributed by atoms with E-state index in [1.807, 2.05) is 19.1 Å². The van der Waals surface area contributed by atoms with Gasteiger partial charge in [0, 0.05) is 37.9 Å². The molecule has 0 aliphatic carbocycles. The van der Waals surface area contributed by atoms with Gasteiger partial charge in [-0.3, -0.25) is 4.79 Å². The van der Waals surface area contributed by atoms with Crippen molar-refractivity contribution >= 4 is 23.4 Å². The first kappa shape index (κ1) is 22.2. The lowest BCUT2D eigenvalue weighted by molar-refractivity contribution is 0.0996. The average molecular weight is 439 g/mol. The van der Waals surface area contributed by atoms with Crippen LogP contribution in [0.2, 0.25) is 0 Å². The number of carbonyl (C=O) groups is 1. The van der Waals surface area contributed by atoms with Crippen LogP contribution in [0.15, 0.2) is 35.0 Å².